The maximum absolute atomic E-state index is 12.7. The van der Waals surface area contributed by atoms with Crippen LogP contribution in [0.1, 0.15) is 26.7 Å². The van der Waals surface area contributed by atoms with Crippen LogP contribution < -0.4 is 21.3 Å². The van der Waals surface area contributed by atoms with Gasteiger partial charge in [-0.15, -0.1) is 0 Å². The van der Waals surface area contributed by atoms with E-state index >= 15 is 0 Å². The molecule has 15 nitrogen and oxygen atoms in total. The largest absolute Gasteiger partial charge is 0.472 e. The molecule has 0 heterocycles. The fraction of sp³-hybridized carbons (Fsp3) is 0.750. The molecule has 0 aliphatic rings. The van der Waals surface area contributed by atoms with Crippen molar-refractivity contribution in [2.45, 2.75) is 129 Å². The highest BCUT2D eigenvalue weighted by molar-refractivity contribution is 6.92. The quantitative estimate of drug-likeness (QED) is 0.0352. The van der Waals surface area contributed by atoms with Gasteiger partial charge in [0.15, 0.2) is 33.3 Å². The van der Waals surface area contributed by atoms with Crippen molar-refractivity contribution in [1.82, 2.24) is 21.3 Å². The highest BCUT2D eigenvalue weighted by Crippen LogP contribution is 2.36. The molecule has 0 aliphatic heterocycles. The van der Waals surface area contributed by atoms with Gasteiger partial charge >= 0.3 is 41.6 Å². The van der Waals surface area contributed by atoms with Gasteiger partial charge in [0.2, 0.25) is 0 Å². The molecule has 53 heavy (non-hydrogen) atoms. The van der Waals surface area contributed by atoms with E-state index in [1.54, 1.807) is 0 Å². The van der Waals surface area contributed by atoms with Crippen LogP contribution in [0.2, 0.25) is 90.7 Å². The van der Waals surface area contributed by atoms with Crippen LogP contribution in [0.4, 0.5) is 9.59 Å². The Hall–Kier alpha value is -1.94. The van der Waals surface area contributed by atoms with Crippen molar-refractivity contribution < 1.29 is 49.2 Å². The lowest BCUT2D eigenvalue weighted by atomic mass is 10.3. The van der Waals surface area contributed by atoms with E-state index in [0.29, 0.717) is 24.9 Å². The van der Waals surface area contributed by atoms with Gasteiger partial charge in [-0.25, -0.2) is 19.2 Å². The SMILES string of the molecule is C=CC(=O)OCCNC(=O)NC(C)CC[Si](O[Si](C)(C)C)(O[Si](C)(C)C)O[Si](CCC(C)NC(=O)NCCOC(=O)C=C)(O[Si](C)(C)C)O[Si](C)(C)C. The molecular formula is C32H70N4O11Si6. The summed E-state index contributed by atoms with van der Waals surface area (Å²) in [6.07, 6.45) is 3.12. The zero-order chi connectivity index (χ0) is 41.3. The maximum Gasteiger partial charge on any atom is 0.472 e. The van der Waals surface area contributed by atoms with Gasteiger partial charge in [-0.05, 0) is 105 Å². The van der Waals surface area contributed by atoms with E-state index in [0.717, 1.165) is 12.2 Å². The molecule has 0 aliphatic carbocycles. The second kappa shape index (κ2) is 22.6. The molecule has 0 aromatic rings. The average Bonchev–Trinajstić information content (AvgIpc) is 2.95. The minimum atomic E-state index is -3.61. The molecule has 0 fully saturated rings. The van der Waals surface area contributed by atoms with Crippen molar-refractivity contribution >= 4 is 74.9 Å². The lowest BCUT2D eigenvalue weighted by Crippen LogP contribution is -2.67. The van der Waals surface area contributed by atoms with Crippen molar-refractivity contribution in [1.29, 1.82) is 0 Å². The van der Waals surface area contributed by atoms with Gasteiger partial charge in [0.1, 0.15) is 13.2 Å². The minimum absolute atomic E-state index is 0.0253. The molecule has 0 aromatic carbocycles. The van der Waals surface area contributed by atoms with Gasteiger partial charge in [-0.2, -0.15) is 0 Å². The van der Waals surface area contributed by atoms with E-state index < -0.39 is 74.9 Å². The number of carbonyl (C=O) groups excluding carboxylic acids is 4. The zero-order valence-corrected chi connectivity index (χ0v) is 40.9. The van der Waals surface area contributed by atoms with E-state index in [2.05, 4.69) is 113 Å². The topological polar surface area (TPSA) is 181 Å². The van der Waals surface area contributed by atoms with E-state index in [1.807, 2.05) is 13.8 Å². The van der Waals surface area contributed by atoms with Crippen molar-refractivity contribution in [3.8, 4) is 0 Å². The first-order valence-corrected chi connectivity index (χ1v) is 35.7. The number of amides is 4. The monoisotopic (exact) mass is 854 g/mol. The molecule has 2 unspecified atom stereocenters. The zero-order valence-electron chi connectivity index (χ0n) is 34.9. The number of hydrogen-bond donors (Lipinski definition) is 4. The Kier molecular flexibility index (Phi) is 21.7. The van der Waals surface area contributed by atoms with Gasteiger partial charge in [-0.3, -0.25) is 0 Å². The van der Waals surface area contributed by atoms with Crippen LogP contribution in [0.25, 0.3) is 0 Å². The Bertz CT molecular complexity index is 1080. The third-order valence-corrected chi connectivity index (χ3v) is 25.3. The summed E-state index contributed by atoms with van der Waals surface area (Å²) in [4.78, 5) is 48.0. The Labute approximate surface area is 325 Å². The molecule has 4 N–H and O–H groups in total. The summed E-state index contributed by atoms with van der Waals surface area (Å²) in [7, 11) is -16.5. The summed E-state index contributed by atoms with van der Waals surface area (Å²) in [6.45, 7) is 36.1. The van der Waals surface area contributed by atoms with Crippen molar-refractivity contribution in [3.63, 3.8) is 0 Å². The normalized spacial score (nSPS) is 14.0. The predicted octanol–water partition coefficient (Wildman–Crippen LogP) is 5.90. The van der Waals surface area contributed by atoms with E-state index in [4.69, 9.17) is 30.0 Å². The summed E-state index contributed by atoms with van der Waals surface area (Å²) >= 11 is 0. The smallest absolute Gasteiger partial charge is 0.461 e. The van der Waals surface area contributed by atoms with Crippen molar-refractivity contribution in [3.05, 3.63) is 25.3 Å². The molecule has 0 bridgehead atoms. The number of urea groups is 2. The number of nitrogens with one attached hydrogen (secondary N) is 4. The number of rotatable bonds is 26. The van der Waals surface area contributed by atoms with Crippen LogP contribution in [0, 0.1) is 0 Å². The van der Waals surface area contributed by atoms with Gasteiger partial charge in [0, 0.05) is 36.3 Å². The Morgan fingerprint density at radius 2 is 0.811 bits per heavy atom. The van der Waals surface area contributed by atoms with Crippen LogP contribution in [-0.2, 0) is 39.6 Å². The number of hydrogen-bond acceptors (Lipinski definition) is 11. The second-order valence-electron chi connectivity index (χ2n) is 16.7. The summed E-state index contributed by atoms with van der Waals surface area (Å²) in [5.74, 6) is -1.11. The predicted molar refractivity (Wildman–Crippen MR) is 223 cm³/mol. The first-order valence-electron chi connectivity index (χ1n) is 18.2. The molecular weight excluding hydrogens is 785 g/mol. The maximum atomic E-state index is 12.7. The average molecular weight is 855 g/mol. The van der Waals surface area contributed by atoms with Gasteiger partial charge < -0.3 is 51.3 Å². The highest BCUT2D eigenvalue weighted by atomic mass is 28.5. The number of esters is 2. The van der Waals surface area contributed by atoms with E-state index in [9.17, 15) is 19.2 Å². The molecule has 0 radical (unpaired) electrons. The molecule has 308 valence electrons. The number of ether oxygens (including phenoxy) is 2. The highest BCUT2D eigenvalue weighted by Gasteiger charge is 2.58. The van der Waals surface area contributed by atoms with Gasteiger partial charge in [-0.1, -0.05) is 13.2 Å². The standard InChI is InChI=1S/C32H70N4O11Si6/c1-17-29(37)41-23-21-33-31(39)35-27(3)19-25-52(43-48(5,6)7,44-49(8,9)10)47-53(45-50(11,12)13,46-51(14,15)16)26-20-28(4)36-32(40)34-22-24-42-30(38)18-2/h17-18,27-28H,1-2,19-26H2,3-16H3,(H2,33,35,39)(H2,34,36,40). The third kappa shape index (κ3) is 26.5. The van der Waals surface area contributed by atoms with Crippen LogP contribution in [0.5, 0.6) is 0 Å². The molecule has 0 spiro atoms. The summed E-state index contributed by atoms with van der Waals surface area (Å²) in [5, 5.41) is 11.3. The summed E-state index contributed by atoms with van der Waals surface area (Å²) in [6, 6.07) is -0.544. The Morgan fingerprint density at radius 1 is 0.528 bits per heavy atom. The van der Waals surface area contributed by atoms with Crippen LogP contribution in [0.3, 0.4) is 0 Å². The van der Waals surface area contributed by atoms with Crippen molar-refractivity contribution in [2.75, 3.05) is 26.3 Å². The molecule has 2 atom stereocenters. The Balaban J connectivity index is 6.52. The van der Waals surface area contributed by atoms with E-state index in [-0.39, 0.29) is 38.4 Å². The fourth-order valence-corrected chi connectivity index (χ4v) is 28.9. The third-order valence-electron chi connectivity index (χ3n) is 6.28. The van der Waals surface area contributed by atoms with Gasteiger partial charge in [0.05, 0.1) is 13.1 Å². The van der Waals surface area contributed by atoms with Crippen LogP contribution in [0.15, 0.2) is 25.3 Å². The second-order valence-corrected chi connectivity index (χ2v) is 41.5. The first-order chi connectivity index (χ1) is 24.0. The first kappa shape index (κ1) is 51.1. The summed E-state index contributed by atoms with van der Waals surface area (Å²) in [5.41, 5.74) is 0. The fourth-order valence-electron chi connectivity index (χ4n) is 4.76. The molecule has 0 saturated heterocycles. The molecule has 21 heteroatoms. The molecule has 0 aromatic heterocycles. The van der Waals surface area contributed by atoms with E-state index in [1.165, 1.54) is 0 Å². The molecule has 4 amide bonds. The van der Waals surface area contributed by atoms with Crippen LogP contribution in [-0.4, -0.2) is 113 Å². The van der Waals surface area contributed by atoms with Crippen LogP contribution >= 0.6 is 0 Å². The minimum Gasteiger partial charge on any atom is -0.461 e. The number of carbonyl (C=O) groups is 4. The van der Waals surface area contributed by atoms with Gasteiger partial charge in [0.25, 0.3) is 0 Å². The molecule has 0 saturated carbocycles. The Morgan fingerprint density at radius 3 is 1.06 bits per heavy atom. The van der Waals surface area contributed by atoms with Crippen molar-refractivity contribution in [2.24, 2.45) is 0 Å². The molecule has 0 rings (SSSR count). The lowest BCUT2D eigenvalue weighted by molar-refractivity contribution is -0.138. The lowest BCUT2D eigenvalue weighted by Gasteiger charge is -2.47. The summed E-state index contributed by atoms with van der Waals surface area (Å²) < 4.78 is 45.6.